The van der Waals surface area contributed by atoms with E-state index >= 15 is 0 Å². The van der Waals surface area contributed by atoms with Gasteiger partial charge in [-0.1, -0.05) is 41.3 Å². The number of benzene rings is 1. The number of hydrogen-bond acceptors (Lipinski definition) is 7. The van der Waals surface area contributed by atoms with Crippen LogP contribution in [-0.2, 0) is 11.2 Å². The van der Waals surface area contributed by atoms with Gasteiger partial charge in [0, 0.05) is 12.2 Å². The summed E-state index contributed by atoms with van der Waals surface area (Å²) in [7, 11) is 0. The quantitative estimate of drug-likeness (QED) is 0.664. The predicted octanol–water partition coefficient (Wildman–Crippen LogP) is 1.23. The second-order valence-corrected chi connectivity index (χ2v) is 7.14. The number of para-hydroxylation sites is 1. The van der Waals surface area contributed by atoms with Crippen LogP contribution in [0, 0.1) is 0 Å². The molecule has 23 heavy (non-hydrogen) atoms. The fourth-order valence-electron chi connectivity index (χ4n) is 2.51. The summed E-state index contributed by atoms with van der Waals surface area (Å²) < 4.78 is 1.83. The zero-order valence-corrected chi connectivity index (χ0v) is 13.5. The molecule has 0 bridgehead atoms. The number of nitrogens with zero attached hydrogens (tertiary/aromatic N) is 5. The lowest BCUT2D eigenvalue weighted by molar-refractivity contribution is -0.116. The number of anilines is 1. The Morgan fingerprint density at radius 3 is 3.09 bits per heavy atom. The van der Waals surface area contributed by atoms with Gasteiger partial charge in [0.2, 0.25) is 10.9 Å². The Bertz CT molecular complexity index is 951. The van der Waals surface area contributed by atoms with Crippen molar-refractivity contribution in [2.75, 3.05) is 17.2 Å². The molecule has 9 heteroatoms. The number of thioether (sulfide) groups is 1. The van der Waals surface area contributed by atoms with E-state index in [-0.39, 0.29) is 17.2 Å². The summed E-state index contributed by atoms with van der Waals surface area (Å²) in [6, 6.07) is 7.95. The van der Waals surface area contributed by atoms with E-state index in [4.69, 9.17) is 0 Å². The fraction of sp³-hybridized carbons (Fsp3) is 0.214. The lowest BCUT2D eigenvalue weighted by Crippen LogP contribution is -2.30. The Hall–Kier alpha value is -2.26. The maximum absolute atomic E-state index is 12.4. The Morgan fingerprint density at radius 2 is 2.22 bits per heavy atom. The van der Waals surface area contributed by atoms with E-state index in [2.05, 4.69) is 15.3 Å². The van der Waals surface area contributed by atoms with Crippen molar-refractivity contribution in [2.24, 2.45) is 0 Å². The van der Waals surface area contributed by atoms with E-state index in [1.165, 1.54) is 33.2 Å². The molecular weight excluding hydrogens is 334 g/mol. The Balaban J connectivity index is 1.49. The van der Waals surface area contributed by atoms with Crippen LogP contribution in [0.4, 0.5) is 5.69 Å². The number of carbonyl (C=O) groups excluding carboxylic acids is 1. The monoisotopic (exact) mass is 345 g/mol. The minimum atomic E-state index is -0.321. The van der Waals surface area contributed by atoms with Gasteiger partial charge in [-0.25, -0.2) is 0 Å². The average Bonchev–Trinajstić information content (AvgIpc) is 3.17. The third kappa shape index (κ3) is 2.62. The van der Waals surface area contributed by atoms with E-state index in [1.54, 1.807) is 0 Å². The SMILES string of the molecule is O=C(CSc1nn2c(=O)cnnc2s1)N1CCc2ccccc21. The molecular formula is C14H11N5O2S2. The highest BCUT2D eigenvalue weighted by molar-refractivity contribution is 8.01. The average molecular weight is 345 g/mol. The summed E-state index contributed by atoms with van der Waals surface area (Å²) in [5.41, 5.74) is 1.87. The topological polar surface area (TPSA) is 80.5 Å². The van der Waals surface area contributed by atoms with Gasteiger partial charge in [-0.15, -0.1) is 10.2 Å². The zero-order chi connectivity index (χ0) is 15.8. The molecule has 0 aliphatic carbocycles. The van der Waals surface area contributed by atoms with E-state index < -0.39 is 0 Å². The summed E-state index contributed by atoms with van der Waals surface area (Å²) in [6.07, 6.45) is 2.01. The van der Waals surface area contributed by atoms with Crippen LogP contribution in [0.1, 0.15) is 5.56 Å². The maximum atomic E-state index is 12.4. The number of aromatic nitrogens is 4. The minimum Gasteiger partial charge on any atom is -0.311 e. The summed E-state index contributed by atoms with van der Waals surface area (Å²) in [5, 5.41) is 11.6. The second kappa shape index (κ2) is 5.74. The summed E-state index contributed by atoms with van der Waals surface area (Å²) in [6.45, 7) is 0.712. The molecule has 1 aliphatic rings. The van der Waals surface area contributed by atoms with Gasteiger partial charge in [0.25, 0.3) is 5.56 Å². The van der Waals surface area contributed by atoms with Crippen molar-refractivity contribution in [1.82, 2.24) is 19.8 Å². The minimum absolute atomic E-state index is 0.0395. The molecule has 3 aromatic rings. The molecule has 2 aromatic heterocycles. The molecule has 0 saturated carbocycles. The van der Waals surface area contributed by atoms with E-state index in [0.29, 0.717) is 15.8 Å². The first kappa shape index (κ1) is 14.3. The smallest absolute Gasteiger partial charge is 0.293 e. The number of hydrogen-bond donors (Lipinski definition) is 0. The van der Waals surface area contributed by atoms with Crippen LogP contribution in [0.15, 0.2) is 39.6 Å². The van der Waals surface area contributed by atoms with Crippen LogP contribution < -0.4 is 10.5 Å². The van der Waals surface area contributed by atoms with Crippen LogP contribution in [0.25, 0.3) is 4.96 Å². The summed E-state index contributed by atoms with van der Waals surface area (Å²) in [4.78, 5) is 26.3. The fourth-order valence-corrected chi connectivity index (χ4v) is 4.27. The van der Waals surface area contributed by atoms with Crippen LogP contribution in [-0.4, -0.2) is 38.0 Å². The van der Waals surface area contributed by atoms with E-state index in [0.717, 1.165) is 18.3 Å². The molecule has 0 radical (unpaired) electrons. The molecule has 0 unspecified atom stereocenters. The van der Waals surface area contributed by atoms with Crippen molar-refractivity contribution in [3.05, 3.63) is 46.4 Å². The molecule has 0 atom stereocenters. The highest BCUT2D eigenvalue weighted by Gasteiger charge is 2.24. The van der Waals surface area contributed by atoms with Gasteiger partial charge >= 0.3 is 0 Å². The molecule has 0 spiro atoms. The third-order valence-electron chi connectivity index (χ3n) is 3.57. The van der Waals surface area contributed by atoms with Crippen molar-refractivity contribution in [3.8, 4) is 0 Å². The van der Waals surface area contributed by atoms with Gasteiger partial charge in [-0.05, 0) is 18.1 Å². The molecule has 4 rings (SSSR count). The third-order valence-corrected chi connectivity index (χ3v) is 5.59. The van der Waals surface area contributed by atoms with Crippen molar-refractivity contribution in [3.63, 3.8) is 0 Å². The van der Waals surface area contributed by atoms with Gasteiger partial charge in [0.1, 0.15) is 6.20 Å². The lowest BCUT2D eigenvalue weighted by Gasteiger charge is -2.16. The van der Waals surface area contributed by atoms with Crippen molar-refractivity contribution < 1.29 is 4.79 Å². The molecule has 0 saturated heterocycles. The maximum Gasteiger partial charge on any atom is 0.293 e. The van der Waals surface area contributed by atoms with Crippen LogP contribution in [0.5, 0.6) is 0 Å². The molecule has 7 nitrogen and oxygen atoms in total. The van der Waals surface area contributed by atoms with E-state index in [9.17, 15) is 9.59 Å². The lowest BCUT2D eigenvalue weighted by atomic mass is 10.2. The van der Waals surface area contributed by atoms with Crippen molar-refractivity contribution >= 4 is 39.7 Å². The first-order valence-electron chi connectivity index (χ1n) is 6.95. The number of rotatable bonds is 3. The van der Waals surface area contributed by atoms with Crippen LogP contribution >= 0.6 is 23.1 Å². The summed E-state index contributed by atoms with van der Waals surface area (Å²) in [5.74, 6) is 0.314. The standard InChI is InChI=1S/C14H11N5O2S2/c20-11-7-15-16-13-19(11)17-14(23-13)22-8-12(21)18-6-5-9-3-1-2-4-10(9)18/h1-4,7H,5-6,8H2. The van der Waals surface area contributed by atoms with Gasteiger partial charge in [0.05, 0.1) is 5.75 Å². The van der Waals surface area contributed by atoms with Gasteiger partial charge in [0.15, 0.2) is 4.34 Å². The molecule has 3 heterocycles. The van der Waals surface area contributed by atoms with Gasteiger partial charge < -0.3 is 4.90 Å². The zero-order valence-electron chi connectivity index (χ0n) is 11.9. The predicted molar refractivity (Wildman–Crippen MR) is 88.2 cm³/mol. The van der Waals surface area contributed by atoms with Crippen molar-refractivity contribution in [2.45, 2.75) is 10.8 Å². The second-order valence-electron chi connectivity index (χ2n) is 4.96. The normalized spacial score (nSPS) is 13.5. The Kier molecular flexibility index (Phi) is 3.58. The molecule has 1 aliphatic heterocycles. The van der Waals surface area contributed by atoms with Crippen molar-refractivity contribution in [1.29, 1.82) is 0 Å². The van der Waals surface area contributed by atoms with Crippen LogP contribution in [0.3, 0.4) is 0 Å². The number of amides is 1. The first-order chi connectivity index (χ1) is 11.2. The van der Waals surface area contributed by atoms with Crippen LogP contribution in [0.2, 0.25) is 0 Å². The van der Waals surface area contributed by atoms with Gasteiger partial charge in [-0.2, -0.15) is 9.61 Å². The van der Waals surface area contributed by atoms with E-state index in [1.807, 2.05) is 29.2 Å². The largest absolute Gasteiger partial charge is 0.311 e. The Labute approximate surface area is 139 Å². The molecule has 116 valence electrons. The Morgan fingerprint density at radius 1 is 1.35 bits per heavy atom. The molecule has 0 fully saturated rings. The number of fused-ring (bicyclic) bond motifs is 2. The first-order valence-corrected chi connectivity index (χ1v) is 8.75. The molecule has 1 aromatic carbocycles. The van der Waals surface area contributed by atoms with Gasteiger partial charge in [-0.3, -0.25) is 9.59 Å². The number of carbonyl (C=O) groups is 1. The highest BCUT2D eigenvalue weighted by atomic mass is 32.2. The molecule has 1 amide bonds. The summed E-state index contributed by atoms with van der Waals surface area (Å²) >= 11 is 2.57. The highest BCUT2D eigenvalue weighted by Crippen LogP contribution is 2.29. The molecule has 0 N–H and O–H groups in total.